The number of carbonyl (C=O) groups excluding carboxylic acids is 2. The largest absolute Gasteiger partial charge is 0.452 e. The van der Waals surface area contributed by atoms with Crippen LogP contribution in [0.1, 0.15) is 15.9 Å². The third-order valence-corrected chi connectivity index (χ3v) is 6.79. The van der Waals surface area contributed by atoms with E-state index in [1.807, 2.05) is 13.0 Å². The average Bonchev–Trinajstić information content (AvgIpc) is 2.72. The van der Waals surface area contributed by atoms with Gasteiger partial charge in [0.05, 0.1) is 10.5 Å². The van der Waals surface area contributed by atoms with Crippen LogP contribution in [0.2, 0.25) is 5.02 Å². The first kappa shape index (κ1) is 21.3. The molecule has 0 spiro atoms. The number of benzene rings is 2. The average molecular weight is 437 g/mol. The molecule has 0 N–H and O–H groups in total. The molecule has 0 unspecified atom stereocenters. The Balaban J connectivity index is 1.53. The summed E-state index contributed by atoms with van der Waals surface area (Å²) in [5.74, 6) is -0.916. The quantitative estimate of drug-likeness (QED) is 0.672. The second-order valence-corrected chi connectivity index (χ2v) is 9.06. The van der Waals surface area contributed by atoms with E-state index in [4.69, 9.17) is 16.3 Å². The summed E-state index contributed by atoms with van der Waals surface area (Å²) in [7, 11) is -3.64. The molecule has 154 valence electrons. The Kier molecular flexibility index (Phi) is 6.56. The van der Waals surface area contributed by atoms with Crippen molar-refractivity contribution in [2.24, 2.45) is 0 Å². The Bertz CT molecular complexity index is 1000. The predicted molar refractivity (Wildman–Crippen MR) is 108 cm³/mol. The lowest BCUT2D eigenvalue weighted by Gasteiger charge is -2.33. The summed E-state index contributed by atoms with van der Waals surface area (Å²) in [5, 5.41) is 0.458. The normalized spacial score (nSPS) is 15.2. The molecule has 0 aliphatic carbocycles. The van der Waals surface area contributed by atoms with E-state index < -0.39 is 16.0 Å². The van der Waals surface area contributed by atoms with E-state index in [-0.39, 0.29) is 43.6 Å². The van der Waals surface area contributed by atoms with E-state index in [1.54, 1.807) is 18.2 Å². The molecule has 0 saturated carbocycles. The maximum Gasteiger partial charge on any atom is 0.338 e. The van der Waals surface area contributed by atoms with Gasteiger partial charge < -0.3 is 9.64 Å². The molecule has 9 heteroatoms. The number of esters is 1. The molecule has 2 aromatic carbocycles. The number of amides is 1. The van der Waals surface area contributed by atoms with E-state index in [1.165, 1.54) is 33.5 Å². The lowest BCUT2D eigenvalue weighted by Crippen LogP contribution is -2.51. The molecule has 0 atom stereocenters. The molecule has 1 aliphatic heterocycles. The van der Waals surface area contributed by atoms with Crippen LogP contribution in [0.5, 0.6) is 0 Å². The highest BCUT2D eigenvalue weighted by atomic mass is 35.5. The van der Waals surface area contributed by atoms with Crippen LogP contribution in [-0.4, -0.2) is 62.3 Å². The van der Waals surface area contributed by atoms with Crippen LogP contribution in [0.3, 0.4) is 0 Å². The molecule has 2 aromatic rings. The fourth-order valence-corrected chi connectivity index (χ4v) is 4.56. The van der Waals surface area contributed by atoms with Gasteiger partial charge in [-0.05, 0) is 43.3 Å². The first-order valence-electron chi connectivity index (χ1n) is 9.04. The van der Waals surface area contributed by atoms with E-state index >= 15 is 0 Å². The Morgan fingerprint density at radius 2 is 1.69 bits per heavy atom. The molecule has 29 heavy (non-hydrogen) atoms. The van der Waals surface area contributed by atoms with Crippen molar-refractivity contribution >= 4 is 33.5 Å². The van der Waals surface area contributed by atoms with Gasteiger partial charge in [0, 0.05) is 31.2 Å². The SMILES string of the molecule is Cc1cccc(C(=O)OCC(=O)N2CCN(S(=O)(=O)c3ccc(Cl)cc3)CC2)c1. The van der Waals surface area contributed by atoms with E-state index in [0.29, 0.717) is 10.6 Å². The summed E-state index contributed by atoms with van der Waals surface area (Å²) < 4.78 is 31.8. The minimum atomic E-state index is -3.64. The van der Waals surface area contributed by atoms with Crippen molar-refractivity contribution in [3.63, 3.8) is 0 Å². The van der Waals surface area contributed by atoms with Crippen LogP contribution in [0, 0.1) is 6.92 Å². The van der Waals surface area contributed by atoms with Crippen molar-refractivity contribution in [3.05, 3.63) is 64.7 Å². The summed E-state index contributed by atoms with van der Waals surface area (Å²) in [6.07, 6.45) is 0. The number of carbonyl (C=O) groups is 2. The lowest BCUT2D eigenvalue weighted by atomic mass is 10.1. The zero-order chi connectivity index (χ0) is 21.0. The Morgan fingerprint density at radius 1 is 1.03 bits per heavy atom. The fraction of sp³-hybridized carbons (Fsp3) is 0.300. The van der Waals surface area contributed by atoms with Crippen LogP contribution < -0.4 is 0 Å². The van der Waals surface area contributed by atoms with Crippen molar-refractivity contribution in [2.45, 2.75) is 11.8 Å². The molecular weight excluding hydrogens is 416 g/mol. The first-order valence-corrected chi connectivity index (χ1v) is 10.9. The van der Waals surface area contributed by atoms with Crippen molar-refractivity contribution in [1.82, 2.24) is 9.21 Å². The molecule has 1 aliphatic rings. The summed E-state index contributed by atoms with van der Waals surface area (Å²) in [6, 6.07) is 12.9. The highest BCUT2D eigenvalue weighted by Crippen LogP contribution is 2.20. The monoisotopic (exact) mass is 436 g/mol. The van der Waals surface area contributed by atoms with Crippen LogP contribution >= 0.6 is 11.6 Å². The fourth-order valence-electron chi connectivity index (χ4n) is 3.01. The molecule has 1 saturated heterocycles. The smallest absolute Gasteiger partial charge is 0.338 e. The van der Waals surface area contributed by atoms with Gasteiger partial charge in [-0.3, -0.25) is 4.79 Å². The number of hydrogen-bond acceptors (Lipinski definition) is 5. The van der Waals surface area contributed by atoms with Crippen LogP contribution in [0.4, 0.5) is 0 Å². The summed E-state index contributed by atoms with van der Waals surface area (Å²) in [6.45, 7) is 2.28. The second kappa shape index (κ2) is 8.94. The van der Waals surface area contributed by atoms with Gasteiger partial charge in [0.15, 0.2) is 6.61 Å². The van der Waals surface area contributed by atoms with Crippen molar-refractivity contribution in [3.8, 4) is 0 Å². The summed E-state index contributed by atoms with van der Waals surface area (Å²) in [5.41, 5.74) is 1.31. The molecule has 1 fully saturated rings. The standard InChI is InChI=1S/C20H21ClN2O5S/c1-15-3-2-4-16(13-15)20(25)28-14-19(24)22-9-11-23(12-10-22)29(26,27)18-7-5-17(21)6-8-18/h2-8,13H,9-12,14H2,1H3. The Hall–Kier alpha value is -2.42. The van der Waals surface area contributed by atoms with Gasteiger partial charge in [-0.25, -0.2) is 13.2 Å². The molecular formula is C20H21ClN2O5S. The summed E-state index contributed by atoms with van der Waals surface area (Å²) in [4.78, 5) is 26.0. The zero-order valence-electron chi connectivity index (χ0n) is 15.9. The molecule has 0 bridgehead atoms. The molecule has 3 rings (SSSR count). The van der Waals surface area contributed by atoms with E-state index in [2.05, 4.69) is 0 Å². The molecule has 0 radical (unpaired) electrons. The number of ether oxygens (including phenoxy) is 1. The first-order chi connectivity index (χ1) is 13.8. The highest BCUT2D eigenvalue weighted by Gasteiger charge is 2.30. The second-order valence-electron chi connectivity index (χ2n) is 6.68. The third-order valence-electron chi connectivity index (χ3n) is 4.62. The molecule has 1 amide bonds. The zero-order valence-corrected chi connectivity index (χ0v) is 17.4. The minimum Gasteiger partial charge on any atom is -0.452 e. The van der Waals surface area contributed by atoms with Gasteiger partial charge in [0.1, 0.15) is 0 Å². The van der Waals surface area contributed by atoms with Crippen LogP contribution in [0.15, 0.2) is 53.4 Å². The highest BCUT2D eigenvalue weighted by molar-refractivity contribution is 7.89. The molecule has 0 aromatic heterocycles. The third kappa shape index (κ3) is 5.14. The Labute approximate surface area is 174 Å². The van der Waals surface area contributed by atoms with Gasteiger partial charge in [0.25, 0.3) is 5.91 Å². The molecule has 1 heterocycles. The number of rotatable bonds is 5. The van der Waals surface area contributed by atoms with Crippen LogP contribution in [0.25, 0.3) is 0 Å². The Morgan fingerprint density at radius 3 is 2.31 bits per heavy atom. The maximum absolute atomic E-state index is 12.7. The summed E-state index contributed by atoms with van der Waals surface area (Å²) >= 11 is 5.81. The van der Waals surface area contributed by atoms with Crippen molar-refractivity contribution < 1.29 is 22.7 Å². The predicted octanol–water partition coefficient (Wildman–Crippen LogP) is 2.34. The number of nitrogens with zero attached hydrogens (tertiary/aromatic N) is 2. The lowest BCUT2D eigenvalue weighted by molar-refractivity contribution is -0.135. The number of hydrogen-bond donors (Lipinski definition) is 0. The van der Waals surface area contributed by atoms with E-state index in [9.17, 15) is 18.0 Å². The van der Waals surface area contributed by atoms with Gasteiger partial charge in [0.2, 0.25) is 10.0 Å². The number of piperazine rings is 1. The topological polar surface area (TPSA) is 84.0 Å². The van der Waals surface area contributed by atoms with Crippen molar-refractivity contribution in [1.29, 1.82) is 0 Å². The molecule has 7 nitrogen and oxygen atoms in total. The van der Waals surface area contributed by atoms with Gasteiger partial charge in [-0.15, -0.1) is 0 Å². The van der Waals surface area contributed by atoms with Crippen molar-refractivity contribution in [2.75, 3.05) is 32.8 Å². The minimum absolute atomic E-state index is 0.161. The van der Waals surface area contributed by atoms with Gasteiger partial charge >= 0.3 is 5.97 Å². The van der Waals surface area contributed by atoms with Gasteiger partial charge in [-0.1, -0.05) is 29.3 Å². The van der Waals surface area contributed by atoms with Gasteiger partial charge in [-0.2, -0.15) is 4.31 Å². The van der Waals surface area contributed by atoms with E-state index in [0.717, 1.165) is 5.56 Å². The number of halogens is 1. The van der Waals surface area contributed by atoms with Crippen LogP contribution in [-0.2, 0) is 19.6 Å². The maximum atomic E-state index is 12.7. The number of aryl methyl sites for hydroxylation is 1. The number of sulfonamides is 1.